The Morgan fingerprint density at radius 1 is 1.22 bits per heavy atom. The van der Waals surface area contributed by atoms with Crippen LogP contribution in [-0.2, 0) is 13.1 Å². The van der Waals surface area contributed by atoms with Gasteiger partial charge in [-0.05, 0) is 56.1 Å². The molecule has 0 saturated carbocycles. The highest BCUT2D eigenvalue weighted by Crippen LogP contribution is 2.33. The predicted molar refractivity (Wildman–Crippen MR) is 123 cm³/mol. The molecule has 0 bridgehead atoms. The number of benzene rings is 2. The Morgan fingerprint density at radius 3 is 2.78 bits per heavy atom. The van der Waals surface area contributed by atoms with Crippen LogP contribution in [0.1, 0.15) is 41.3 Å². The first-order valence-corrected chi connectivity index (χ1v) is 11.2. The smallest absolute Gasteiger partial charge is 0.258 e. The molecule has 3 aromatic rings. The van der Waals surface area contributed by atoms with E-state index in [-0.39, 0.29) is 23.3 Å². The van der Waals surface area contributed by atoms with E-state index in [9.17, 15) is 9.90 Å². The van der Waals surface area contributed by atoms with Gasteiger partial charge in [-0.2, -0.15) is 5.10 Å². The largest absolute Gasteiger partial charge is 0.507 e. The molecule has 0 radical (unpaired) electrons. The molecule has 5 rings (SSSR count). The molecule has 0 aliphatic carbocycles. The van der Waals surface area contributed by atoms with Crippen molar-refractivity contribution in [2.45, 2.75) is 39.0 Å². The number of H-pyrrole nitrogens is 1. The van der Waals surface area contributed by atoms with Crippen LogP contribution in [0, 0.1) is 0 Å². The maximum atomic E-state index is 13.3. The van der Waals surface area contributed by atoms with Gasteiger partial charge in [0.15, 0.2) is 5.82 Å². The molecule has 0 unspecified atom stereocenters. The lowest BCUT2D eigenvalue weighted by Crippen LogP contribution is -2.35. The van der Waals surface area contributed by atoms with Crippen LogP contribution >= 0.6 is 0 Å². The quantitative estimate of drug-likeness (QED) is 0.569. The zero-order valence-corrected chi connectivity index (χ0v) is 18.5. The fraction of sp³-hybridized carbons (Fsp3) is 0.417. The number of hydrogen-bond donors (Lipinski definition) is 3. The SMILES string of the molecule is CCNc1n[nH]c2cc(O)c(C(=O)N3Cc4ccc(OC5CCN(C)CC5)cc4C3)cc12. The van der Waals surface area contributed by atoms with E-state index in [4.69, 9.17) is 4.74 Å². The Kier molecular flexibility index (Phi) is 5.38. The standard InChI is InChI=1S/C24H29N5O3/c1-3-25-23-19-11-20(22(30)12-21(19)26-27-23)24(31)29-13-15-4-5-18(10-16(15)14-29)32-17-6-8-28(2)9-7-17/h4-5,10-12,17,30H,3,6-9,13-14H2,1-2H3,(H2,25,26,27). The number of carbonyl (C=O) groups is 1. The second-order valence-corrected chi connectivity index (χ2v) is 8.73. The first kappa shape index (κ1) is 20.6. The second-order valence-electron chi connectivity index (χ2n) is 8.73. The summed E-state index contributed by atoms with van der Waals surface area (Å²) in [6.45, 7) is 5.83. The number of rotatable bonds is 5. The molecule has 8 heteroatoms. The second kappa shape index (κ2) is 8.35. The zero-order chi connectivity index (χ0) is 22.2. The number of nitrogens with one attached hydrogen (secondary N) is 2. The van der Waals surface area contributed by atoms with Crippen molar-refractivity contribution in [2.24, 2.45) is 0 Å². The highest BCUT2D eigenvalue weighted by Gasteiger charge is 2.28. The van der Waals surface area contributed by atoms with E-state index < -0.39 is 0 Å². The lowest BCUT2D eigenvalue weighted by molar-refractivity contribution is 0.0748. The number of phenolic OH excluding ortho intramolecular Hbond substituents is 1. The maximum Gasteiger partial charge on any atom is 0.258 e. The molecule has 168 valence electrons. The van der Waals surface area contributed by atoms with Gasteiger partial charge >= 0.3 is 0 Å². The third-order valence-electron chi connectivity index (χ3n) is 6.41. The number of fused-ring (bicyclic) bond motifs is 2. The van der Waals surface area contributed by atoms with Crippen LogP contribution in [0.15, 0.2) is 30.3 Å². The van der Waals surface area contributed by atoms with Crippen LogP contribution in [0.4, 0.5) is 5.82 Å². The van der Waals surface area contributed by atoms with Gasteiger partial charge in [-0.1, -0.05) is 6.07 Å². The Labute approximate surface area is 187 Å². The van der Waals surface area contributed by atoms with E-state index in [1.165, 1.54) is 0 Å². The summed E-state index contributed by atoms with van der Waals surface area (Å²) >= 11 is 0. The molecule has 0 spiro atoms. The average Bonchev–Trinajstić information content (AvgIpc) is 3.38. The highest BCUT2D eigenvalue weighted by atomic mass is 16.5. The minimum atomic E-state index is -0.193. The van der Waals surface area contributed by atoms with Crippen LogP contribution in [0.5, 0.6) is 11.5 Å². The van der Waals surface area contributed by atoms with E-state index in [1.54, 1.807) is 17.0 Å². The number of piperidine rings is 1. The van der Waals surface area contributed by atoms with Gasteiger partial charge in [-0.25, -0.2) is 0 Å². The third-order valence-corrected chi connectivity index (χ3v) is 6.41. The summed E-state index contributed by atoms with van der Waals surface area (Å²) in [7, 11) is 2.14. The van der Waals surface area contributed by atoms with Crippen molar-refractivity contribution in [1.82, 2.24) is 20.0 Å². The molecule has 3 N–H and O–H groups in total. The van der Waals surface area contributed by atoms with Gasteiger partial charge < -0.3 is 25.0 Å². The van der Waals surface area contributed by atoms with Crippen molar-refractivity contribution in [1.29, 1.82) is 0 Å². The number of carbonyl (C=O) groups excluding carboxylic acids is 1. The van der Waals surface area contributed by atoms with E-state index in [0.717, 1.165) is 48.2 Å². The van der Waals surface area contributed by atoms with Crippen LogP contribution in [0.25, 0.3) is 10.9 Å². The van der Waals surface area contributed by atoms with Gasteiger partial charge in [-0.3, -0.25) is 9.89 Å². The van der Waals surface area contributed by atoms with Crippen LogP contribution < -0.4 is 10.1 Å². The molecule has 1 saturated heterocycles. The first-order chi connectivity index (χ1) is 15.5. The Hall–Kier alpha value is -3.26. The summed E-state index contributed by atoms with van der Waals surface area (Å²) < 4.78 is 6.22. The van der Waals surface area contributed by atoms with E-state index in [1.807, 2.05) is 13.0 Å². The summed E-state index contributed by atoms with van der Waals surface area (Å²) in [5, 5.41) is 21.6. The summed E-state index contributed by atoms with van der Waals surface area (Å²) in [5.41, 5.74) is 3.19. The number of nitrogens with zero attached hydrogens (tertiary/aromatic N) is 3. The van der Waals surface area contributed by atoms with Crippen molar-refractivity contribution < 1.29 is 14.6 Å². The normalized spacial score (nSPS) is 17.0. The van der Waals surface area contributed by atoms with Gasteiger partial charge in [0.25, 0.3) is 5.91 Å². The van der Waals surface area contributed by atoms with Crippen LogP contribution in [0.2, 0.25) is 0 Å². The van der Waals surface area contributed by atoms with Crippen molar-refractivity contribution in [3.63, 3.8) is 0 Å². The van der Waals surface area contributed by atoms with Crippen molar-refractivity contribution in [2.75, 3.05) is 32.0 Å². The summed E-state index contributed by atoms with van der Waals surface area (Å²) in [6.07, 6.45) is 2.30. The minimum Gasteiger partial charge on any atom is -0.507 e. The zero-order valence-electron chi connectivity index (χ0n) is 18.5. The number of anilines is 1. The highest BCUT2D eigenvalue weighted by molar-refractivity contribution is 6.03. The number of aromatic hydroxyl groups is 1. The Morgan fingerprint density at radius 2 is 2.00 bits per heavy atom. The summed E-state index contributed by atoms with van der Waals surface area (Å²) in [5.74, 6) is 1.31. The Balaban J connectivity index is 1.32. The number of likely N-dealkylation sites (tertiary alicyclic amines) is 1. The molecule has 1 amide bonds. The van der Waals surface area contributed by atoms with E-state index in [0.29, 0.717) is 31.0 Å². The fourth-order valence-electron chi connectivity index (χ4n) is 4.58. The van der Waals surface area contributed by atoms with E-state index in [2.05, 4.69) is 39.6 Å². The topological polar surface area (TPSA) is 93.7 Å². The molecule has 32 heavy (non-hydrogen) atoms. The molecule has 8 nitrogen and oxygen atoms in total. The molecule has 2 aromatic carbocycles. The van der Waals surface area contributed by atoms with Crippen molar-refractivity contribution in [3.8, 4) is 11.5 Å². The molecule has 3 heterocycles. The molecule has 2 aliphatic heterocycles. The molecule has 2 aliphatic rings. The van der Waals surface area contributed by atoms with Crippen LogP contribution in [0.3, 0.4) is 0 Å². The summed E-state index contributed by atoms with van der Waals surface area (Å²) in [4.78, 5) is 17.4. The van der Waals surface area contributed by atoms with Crippen molar-refractivity contribution in [3.05, 3.63) is 47.0 Å². The maximum absolute atomic E-state index is 13.3. The van der Waals surface area contributed by atoms with Gasteiger partial charge in [0, 0.05) is 44.2 Å². The number of phenols is 1. The van der Waals surface area contributed by atoms with Gasteiger partial charge in [0.05, 0.1) is 11.1 Å². The molecule has 1 aromatic heterocycles. The number of ether oxygens (including phenoxy) is 1. The molecular formula is C24H29N5O3. The predicted octanol–water partition coefficient (Wildman–Crippen LogP) is 3.33. The van der Waals surface area contributed by atoms with Crippen LogP contribution in [-0.4, -0.2) is 63.8 Å². The molecular weight excluding hydrogens is 406 g/mol. The summed E-state index contributed by atoms with van der Waals surface area (Å²) in [6, 6.07) is 9.39. The molecule has 0 atom stereocenters. The van der Waals surface area contributed by atoms with Gasteiger partial charge in [0.1, 0.15) is 17.6 Å². The van der Waals surface area contributed by atoms with Crippen molar-refractivity contribution >= 4 is 22.6 Å². The number of hydrogen-bond acceptors (Lipinski definition) is 6. The number of amides is 1. The fourth-order valence-corrected chi connectivity index (χ4v) is 4.58. The monoisotopic (exact) mass is 435 g/mol. The molecule has 1 fully saturated rings. The minimum absolute atomic E-state index is 0.0450. The first-order valence-electron chi connectivity index (χ1n) is 11.2. The van der Waals surface area contributed by atoms with Gasteiger partial charge in [0.2, 0.25) is 0 Å². The van der Waals surface area contributed by atoms with E-state index >= 15 is 0 Å². The number of aromatic amines is 1. The van der Waals surface area contributed by atoms with Gasteiger partial charge in [-0.15, -0.1) is 0 Å². The number of aromatic nitrogens is 2. The average molecular weight is 436 g/mol. The lowest BCUT2D eigenvalue weighted by Gasteiger charge is -2.29. The lowest BCUT2D eigenvalue weighted by atomic mass is 10.1. The Bertz CT molecular complexity index is 1150. The third kappa shape index (κ3) is 3.86.